The van der Waals surface area contributed by atoms with Crippen LogP contribution >= 0.6 is 0 Å². The van der Waals surface area contributed by atoms with Crippen LogP contribution in [0.4, 0.5) is 0 Å². The lowest BCUT2D eigenvalue weighted by molar-refractivity contribution is -0.165. The van der Waals surface area contributed by atoms with Crippen LogP contribution in [0.5, 0.6) is 0 Å². The quantitative estimate of drug-likeness (QED) is 0.652. The lowest BCUT2D eigenvalue weighted by atomic mass is 9.54. The number of aryl methyl sites for hydroxylation is 1. The lowest BCUT2D eigenvalue weighted by Gasteiger charge is -2.57. The Morgan fingerprint density at radius 2 is 1.97 bits per heavy atom. The highest BCUT2D eigenvalue weighted by atomic mass is 16.5. The van der Waals surface area contributed by atoms with Crippen molar-refractivity contribution in [3.63, 3.8) is 0 Å². The molecule has 1 aromatic carbocycles. The van der Waals surface area contributed by atoms with Gasteiger partial charge in [0, 0.05) is 24.3 Å². The number of oxazole rings is 1. The molecule has 8 atom stereocenters. The van der Waals surface area contributed by atoms with Crippen LogP contribution in [0.15, 0.2) is 52.0 Å². The molecular weight excluding hydrogens is 452 g/mol. The van der Waals surface area contributed by atoms with Crippen LogP contribution in [-0.2, 0) is 4.74 Å². The molecule has 190 valence electrons. The Labute approximate surface area is 212 Å². The number of benzene rings is 1. The average Bonchev–Trinajstić information content (AvgIpc) is 3.49. The second kappa shape index (κ2) is 7.19. The first kappa shape index (κ1) is 22.9. The largest absolute Gasteiger partial charge is 0.441 e. The number of fused-ring (bicyclic) bond motifs is 2. The van der Waals surface area contributed by atoms with Crippen LogP contribution in [0.25, 0.3) is 16.7 Å². The molecule has 3 aliphatic carbocycles. The van der Waals surface area contributed by atoms with Crippen LogP contribution < -0.4 is 0 Å². The molecule has 1 aromatic heterocycles. The molecule has 6 nitrogen and oxygen atoms in total. The van der Waals surface area contributed by atoms with E-state index < -0.39 is 17.8 Å². The molecule has 7 rings (SSSR count). The van der Waals surface area contributed by atoms with Crippen LogP contribution in [0.2, 0.25) is 0 Å². The predicted octanol–water partition coefficient (Wildman–Crippen LogP) is 4.41. The molecule has 36 heavy (non-hydrogen) atoms. The van der Waals surface area contributed by atoms with Gasteiger partial charge < -0.3 is 24.3 Å². The van der Waals surface area contributed by atoms with Crippen molar-refractivity contribution in [2.24, 2.45) is 17.3 Å². The van der Waals surface area contributed by atoms with E-state index in [0.29, 0.717) is 18.2 Å². The van der Waals surface area contributed by atoms with Gasteiger partial charge in [-0.1, -0.05) is 38.1 Å². The summed E-state index contributed by atoms with van der Waals surface area (Å²) in [4.78, 5) is 6.51. The van der Waals surface area contributed by atoms with E-state index in [2.05, 4.69) is 55.3 Å². The third kappa shape index (κ3) is 2.68. The first-order valence-electron chi connectivity index (χ1n) is 13.3. The Kier molecular flexibility index (Phi) is 4.58. The fraction of sp³-hybridized carbons (Fsp3) is 0.567. The predicted molar refractivity (Wildman–Crippen MR) is 138 cm³/mol. The summed E-state index contributed by atoms with van der Waals surface area (Å²) in [6.45, 7) is 6.61. The number of allylic oxidation sites excluding steroid dienone is 3. The number of likely N-dealkylation sites (N-methyl/N-ethyl adjacent to an activating group) is 1. The van der Waals surface area contributed by atoms with Crippen molar-refractivity contribution in [1.82, 2.24) is 9.88 Å². The van der Waals surface area contributed by atoms with Gasteiger partial charge in [0.15, 0.2) is 11.5 Å². The summed E-state index contributed by atoms with van der Waals surface area (Å²) in [5.41, 5.74) is 5.41. The normalized spacial score (nSPS) is 43.1. The molecule has 2 unspecified atom stereocenters. The van der Waals surface area contributed by atoms with E-state index in [-0.39, 0.29) is 23.0 Å². The zero-order valence-electron chi connectivity index (χ0n) is 21.8. The molecule has 2 N–H and O–H groups in total. The van der Waals surface area contributed by atoms with E-state index in [0.717, 1.165) is 35.9 Å². The molecule has 6 heteroatoms. The van der Waals surface area contributed by atoms with Crippen molar-refractivity contribution in [3.8, 4) is 0 Å². The molecule has 2 aromatic rings. The van der Waals surface area contributed by atoms with E-state index in [1.807, 2.05) is 25.9 Å². The summed E-state index contributed by atoms with van der Waals surface area (Å²) in [6, 6.07) is 6.26. The molecule has 1 saturated heterocycles. The van der Waals surface area contributed by atoms with Crippen LogP contribution in [0.3, 0.4) is 0 Å². The van der Waals surface area contributed by atoms with E-state index in [4.69, 9.17) is 9.15 Å². The highest BCUT2D eigenvalue weighted by molar-refractivity contribution is 5.82. The zero-order chi connectivity index (χ0) is 25.2. The smallest absolute Gasteiger partial charge is 0.192 e. The van der Waals surface area contributed by atoms with Gasteiger partial charge in [0.25, 0.3) is 0 Å². The van der Waals surface area contributed by atoms with Gasteiger partial charge in [0.05, 0.1) is 17.3 Å². The fourth-order valence-electron chi connectivity index (χ4n) is 8.46. The molecular formula is C30H36N2O4. The number of hydrogen-bond acceptors (Lipinski definition) is 6. The number of nitrogens with zero attached hydrogens (tertiary/aromatic N) is 2. The second-order valence-corrected chi connectivity index (χ2v) is 12.3. The standard InChI is InChI=1S/C30H36N2O4/c1-16-12-19-14-21-26(33)27(34)23(32(4)5)15-29(21)10-11-30(19,36-29)25-9-7-20(28(16,25)3)18-6-8-22-24(13-18)35-17(2)31-22/h6-8,12-14,16,23,25-27,33-34H,9-11,15H2,1-5H3/t16?,23-,25?,26+,27+,28+,29+,30+/m0/s1. The maximum atomic E-state index is 11.2. The lowest BCUT2D eigenvalue weighted by Crippen LogP contribution is -2.62. The van der Waals surface area contributed by atoms with Crippen LogP contribution in [0, 0.1) is 24.2 Å². The van der Waals surface area contributed by atoms with Gasteiger partial charge >= 0.3 is 0 Å². The number of ether oxygens (including phenoxy) is 1. The minimum atomic E-state index is -0.902. The van der Waals surface area contributed by atoms with E-state index in [9.17, 15) is 10.2 Å². The minimum Gasteiger partial charge on any atom is -0.441 e. The van der Waals surface area contributed by atoms with E-state index >= 15 is 0 Å². The molecule has 2 bridgehead atoms. The van der Waals surface area contributed by atoms with Gasteiger partial charge in [-0.3, -0.25) is 0 Å². The van der Waals surface area contributed by atoms with Crippen molar-refractivity contribution in [2.75, 3.05) is 14.1 Å². The number of aromatic nitrogens is 1. The number of aliphatic hydroxyl groups is 2. The average molecular weight is 489 g/mol. The molecule has 0 radical (unpaired) electrons. The first-order valence-corrected chi connectivity index (χ1v) is 13.3. The second-order valence-electron chi connectivity index (χ2n) is 12.3. The summed E-state index contributed by atoms with van der Waals surface area (Å²) >= 11 is 0. The maximum Gasteiger partial charge on any atom is 0.192 e. The Morgan fingerprint density at radius 3 is 2.75 bits per heavy atom. The van der Waals surface area contributed by atoms with Crippen molar-refractivity contribution in [1.29, 1.82) is 0 Å². The van der Waals surface area contributed by atoms with Crippen LogP contribution in [-0.4, -0.2) is 63.6 Å². The summed E-state index contributed by atoms with van der Waals surface area (Å²) in [5.74, 6) is 1.29. The SMILES string of the molecule is Cc1nc2ccc(C3=CCC4[C@]3(C)C(C)C=C3C=C5[C@@H](O)[C@H](O)[C@@H](N(C)C)C[C@]56CC[C@@]34O6)cc2o1. The summed E-state index contributed by atoms with van der Waals surface area (Å²) in [6.07, 6.45) is 8.78. The van der Waals surface area contributed by atoms with Crippen molar-refractivity contribution < 1.29 is 19.4 Å². The fourth-order valence-corrected chi connectivity index (χ4v) is 8.46. The topological polar surface area (TPSA) is 79.0 Å². The molecule has 1 saturated carbocycles. The monoisotopic (exact) mass is 488 g/mol. The van der Waals surface area contributed by atoms with E-state index in [1.54, 1.807) is 0 Å². The van der Waals surface area contributed by atoms with Gasteiger partial charge in [0.1, 0.15) is 11.6 Å². The summed E-state index contributed by atoms with van der Waals surface area (Å²) in [7, 11) is 3.95. The Bertz CT molecular complexity index is 1370. The van der Waals surface area contributed by atoms with Gasteiger partial charge in [0.2, 0.25) is 0 Å². The van der Waals surface area contributed by atoms with Crippen molar-refractivity contribution >= 4 is 16.7 Å². The molecule has 3 heterocycles. The highest BCUT2D eigenvalue weighted by Gasteiger charge is 2.68. The van der Waals surface area contributed by atoms with Gasteiger partial charge in [-0.25, -0.2) is 4.98 Å². The molecule has 5 aliphatic rings. The molecule has 0 amide bonds. The summed E-state index contributed by atoms with van der Waals surface area (Å²) < 4.78 is 13.1. The highest BCUT2D eigenvalue weighted by Crippen LogP contribution is 2.69. The van der Waals surface area contributed by atoms with Crippen LogP contribution in [0.1, 0.15) is 51.0 Å². The minimum absolute atomic E-state index is 0.0864. The molecule has 2 fully saturated rings. The third-order valence-electron chi connectivity index (χ3n) is 10.4. The molecule has 2 spiro atoms. The zero-order valence-corrected chi connectivity index (χ0v) is 21.8. The van der Waals surface area contributed by atoms with Gasteiger partial charge in [-0.05, 0) is 80.1 Å². The van der Waals surface area contributed by atoms with Gasteiger partial charge in [-0.2, -0.15) is 0 Å². The van der Waals surface area contributed by atoms with E-state index in [1.165, 1.54) is 16.7 Å². The van der Waals surface area contributed by atoms with Gasteiger partial charge in [-0.15, -0.1) is 0 Å². The summed E-state index contributed by atoms with van der Waals surface area (Å²) in [5, 5.41) is 22.1. The number of rotatable bonds is 2. The first-order chi connectivity index (χ1) is 17.1. The van der Waals surface area contributed by atoms with Crippen molar-refractivity contribution in [2.45, 2.75) is 75.9 Å². The molecule has 2 aliphatic heterocycles. The van der Waals surface area contributed by atoms with Crippen molar-refractivity contribution in [3.05, 3.63) is 59.0 Å². The number of hydrogen-bond donors (Lipinski definition) is 2. The Morgan fingerprint density at radius 1 is 1.17 bits per heavy atom. The maximum absolute atomic E-state index is 11.2. The Balaban J connectivity index is 1.33. The third-order valence-corrected chi connectivity index (χ3v) is 10.4. The Hall–Kier alpha value is -2.25. The number of aliphatic hydroxyl groups excluding tert-OH is 2.